The van der Waals surface area contributed by atoms with Crippen LogP contribution in [0.25, 0.3) is 11.4 Å². The molecule has 0 radical (unpaired) electrons. The van der Waals surface area contributed by atoms with Crippen LogP contribution in [0, 0.1) is 18.3 Å². The zero-order valence-corrected chi connectivity index (χ0v) is 18.0. The fourth-order valence-electron chi connectivity index (χ4n) is 3.85. The van der Waals surface area contributed by atoms with E-state index in [0.717, 1.165) is 34.9 Å². The molecule has 0 saturated heterocycles. The zero-order chi connectivity index (χ0) is 20.2. The molecule has 4 rings (SSSR count). The van der Waals surface area contributed by atoms with E-state index < -0.39 is 0 Å². The average Bonchev–Trinajstić information content (AvgIpc) is 3.39. The van der Waals surface area contributed by atoms with Crippen LogP contribution >= 0.6 is 23.4 Å². The summed E-state index contributed by atoms with van der Waals surface area (Å²) >= 11 is 7.97. The molecule has 1 heterocycles. The van der Waals surface area contributed by atoms with E-state index in [1.54, 1.807) is 0 Å². The van der Waals surface area contributed by atoms with Crippen LogP contribution in [-0.4, -0.2) is 20.0 Å². The van der Waals surface area contributed by atoms with E-state index in [0.29, 0.717) is 17.5 Å². The Morgan fingerprint density at radius 1 is 1.14 bits per heavy atom. The molecule has 6 heteroatoms. The van der Waals surface area contributed by atoms with E-state index in [1.807, 2.05) is 24.3 Å². The molecule has 1 aliphatic rings. The van der Waals surface area contributed by atoms with Gasteiger partial charge < -0.3 is 0 Å². The standard InChI is InChI=1S/C23H23ClN4S/c1-16-10-12-17(13-11-16)14-19(15-25)29-23-27-26-22(20-8-4-5-9-21(20)24)28(23)18-6-2-3-7-18/h4-5,8-13,18-19H,2-3,6-7,14H2,1H3/t19-/m1/s1. The minimum absolute atomic E-state index is 0.221. The third-order valence-electron chi connectivity index (χ3n) is 5.40. The van der Waals surface area contributed by atoms with Gasteiger partial charge in [0.05, 0.1) is 11.1 Å². The predicted octanol–water partition coefficient (Wildman–Crippen LogP) is 6.25. The first-order chi connectivity index (χ1) is 14.2. The topological polar surface area (TPSA) is 54.5 Å². The lowest BCUT2D eigenvalue weighted by Crippen LogP contribution is -2.11. The van der Waals surface area contributed by atoms with Crippen LogP contribution in [0.4, 0.5) is 0 Å². The molecule has 4 nitrogen and oxygen atoms in total. The molecule has 1 atom stereocenters. The maximum absolute atomic E-state index is 9.78. The summed E-state index contributed by atoms with van der Waals surface area (Å²) in [5.74, 6) is 0.803. The minimum Gasteiger partial charge on any atom is -0.299 e. The Morgan fingerprint density at radius 3 is 2.55 bits per heavy atom. The van der Waals surface area contributed by atoms with Gasteiger partial charge in [0.25, 0.3) is 0 Å². The number of hydrogen-bond acceptors (Lipinski definition) is 4. The molecule has 0 unspecified atom stereocenters. The minimum atomic E-state index is -0.221. The summed E-state index contributed by atoms with van der Waals surface area (Å²) in [7, 11) is 0. The number of hydrogen-bond donors (Lipinski definition) is 0. The number of nitrogens with zero attached hydrogens (tertiary/aromatic N) is 4. The number of thioether (sulfide) groups is 1. The van der Waals surface area contributed by atoms with Crippen molar-refractivity contribution in [3.8, 4) is 17.5 Å². The molecule has 0 N–H and O–H groups in total. The maximum atomic E-state index is 9.78. The molecule has 0 bridgehead atoms. The van der Waals surface area contributed by atoms with Crippen LogP contribution in [0.2, 0.25) is 5.02 Å². The monoisotopic (exact) mass is 422 g/mol. The van der Waals surface area contributed by atoms with E-state index in [9.17, 15) is 5.26 Å². The fraction of sp³-hybridized carbons (Fsp3) is 0.348. The van der Waals surface area contributed by atoms with Gasteiger partial charge in [0.2, 0.25) is 0 Å². The lowest BCUT2D eigenvalue weighted by molar-refractivity contribution is 0.485. The molecular weight excluding hydrogens is 400 g/mol. The van der Waals surface area contributed by atoms with Crippen LogP contribution in [0.15, 0.2) is 53.7 Å². The van der Waals surface area contributed by atoms with Gasteiger partial charge in [-0.25, -0.2) is 0 Å². The molecule has 1 fully saturated rings. The second-order valence-corrected chi connectivity index (χ2v) is 9.10. The predicted molar refractivity (Wildman–Crippen MR) is 118 cm³/mol. The SMILES string of the molecule is Cc1ccc(C[C@H](C#N)Sc2nnc(-c3ccccc3Cl)n2C2CCCC2)cc1. The third-order valence-corrected chi connectivity index (χ3v) is 6.78. The first-order valence-corrected chi connectivity index (χ1v) is 11.2. The summed E-state index contributed by atoms with van der Waals surface area (Å²) in [6, 6.07) is 18.9. The van der Waals surface area contributed by atoms with Gasteiger partial charge >= 0.3 is 0 Å². The van der Waals surface area contributed by atoms with Gasteiger partial charge in [-0.2, -0.15) is 5.26 Å². The van der Waals surface area contributed by atoms with Crippen molar-refractivity contribution in [3.63, 3.8) is 0 Å². The first kappa shape index (κ1) is 20.0. The number of aryl methyl sites for hydroxylation is 1. The van der Waals surface area contributed by atoms with Crippen molar-refractivity contribution in [3.05, 3.63) is 64.7 Å². The van der Waals surface area contributed by atoms with Gasteiger partial charge in [0.1, 0.15) is 5.25 Å². The molecule has 1 aliphatic carbocycles. The van der Waals surface area contributed by atoms with Crippen LogP contribution in [0.1, 0.15) is 42.9 Å². The molecule has 148 valence electrons. The Bertz CT molecular complexity index is 1020. The highest BCUT2D eigenvalue weighted by Gasteiger charge is 2.27. The second-order valence-electron chi connectivity index (χ2n) is 7.52. The molecule has 3 aromatic rings. The van der Waals surface area contributed by atoms with Crippen molar-refractivity contribution in [2.75, 3.05) is 0 Å². The Labute approximate surface area is 180 Å². The van der Waals surface area contributed by atoms with Gasteiger partial charge in [-0.05, 0) is 43.9 Å². The second kappa shape index (κ2) is 9.02. The van der Waals surface area contributed by atoms with Crippen LogP contribution < -0.4 is 0 Å². The van der Waals surface area contributed by atoms with Crippen LogP contribution in [0.5, 0.6) is 0 Å². The summed E-state index contributed by atoms with van der Waals surface area (Å²) in [5.41, 5.74) is 3.28. The third kappa shape index (κ3) is 4.49. The largest absolute Gasteiger partial charge is 0.299 e. The molecular formula is C23H23ClN4S. The van der Waals surface area contributed by atoms with Crippen molar-refractivity contribution in [2.24, 2.45) is 0 Å². The molecule has 1 saturated carbocycles. The summed E-state index contributed by atoms with van der Waals surface area (Å²) in [4.78, 5) is 0. The van der Waals surface area contributed by atoms with Gasteiger partial charge in [-0.3, -0.25) is 4.57 Å². The van der Waals surface area contributed by atoms with Gasteiger partial charge in [-0.15, -0.1) is 10.2 Å². The number of benzene rings is 2. The smallest absolute Gasteiger partial charge is 0.193 e. The molecule has 1 aromatic heterocycles. The Hall–Kier alpha value is -2.29. The van der Waals surface area contributed by atoms with Crippen molar-refractivity contribution in [1.29, 1.82) is 5.26 Å². The lowest BCUT2D eigenvalue weighted by atomic mass is 10.1. The van der Waals surface area contributed by atoms with Crippen LogP contribution in [0.3, 0.4) is 0 Å². The number of aromatic nitrogens is 3. The number of halogens is 1. The highest BCUT2D eigenvalue weighted by atomic mass is 35.5. The number of rotatable bonds is 6. The fourth-order valence-corrected chi connectivity index (χ4v) is 5.09. The van der Waals surface area contributed by atoms with E-state index in [2.05, 4.69) is 52.0 Å². The Balaban J connectivity index is 1.65. The van der Waals surface area contributed by atoms with Crippen LogP contribution in [-0.2, 0) is 6.42 Å². The summed E-state index contributed by atoms with van der Waals surface area (Å²) in [6.07, 6.45) is 5.32. The van der Waals surface area contributed by atoms with Gasteiger partial charge in [0, 0.05) is 11.6 Å². The van der Waals surface area contributed by atoms with E-state index in [4.69, 9.17) is 11.6 Å². The van der Waals surface area contributed by atoms with E-state index in [1.165, 1.54) is 30.2 Å². The van der Waals surface area contributed by atoms with Gasteiger partial charge in [0.15, 0.2) is 11.0 Å². The summed E-state index contributed by atoms with van der Waals surface area (Å²) < 4.78 is 2.22. The van der Waals surface area contributed by atoms with E-state index >= 15 is 0 Å². The highest BCUT2D eigenvalue weighted by Crippen LogP contribution is 2.39. The molecule has 29 heavy (non-hydrogen) atoms. The average molecular weight is 423 g/mol. The Kier molecular flexibility index (Phi) is 6.22. The van der Waals surface area contributed by atoms with Crippen molar-refractivity contribution in [2.45, 2.75) is 55.5 Å². The van der Waals surface area contributed by atoms with Gasteiger partial charge in [-0.1, -0.05) is 78.2 Å². The summed E-state index contributed by atoms with van der Waals surface area (Å²) in [5, 5.41) is 20.0. The van der Waals surface area contributed by atoms with Crippen molar-refractivity contribution >= 4 is 23.4 Å². The summed E-state index contributed by atoms with van der Waals surface area (Å²) in [6.45, 7) is 2.07. The van der Waals surface area contributed by atoms with Crippen molar-refractivity contribution in [1.82, 2.24) is 14.8 Å². The first-order valence-electron chi connectivity index (χ1n) is 9.97. The Morgan fingerprint density at radius 2 is 1.86 bits per heavy atom. The molecule has 2 aromatic carbocycles. The quantitative estimate of drug-likeness (QED) is 0.440. The zero-order valence-electron chi connectivity index (χ0n) is 16.4. The van der Waals surface area contributed by atoms with E-state index in [-0.39, 0.29) is 5.25 Å². The molecule has 0 aliphatic heterocycles. The lowest BCUT2D eigenvalue weighted by Gasteiger charge is -2.18. The number of nitriles is 1. The normalized spacial score (nSPS) is 15.3. The molecule has 0 spiro atoms. The molecule has 0 amide bonds. The highest BCUT2D eigenvalue weighted by molar-refractivity contribution is 8.00. The van der Waals surface area contributed by atoms with Crippen molar-refractivity contribution < 1.29 is 0 Å². The maximum Gasteiger partial charge on any atom is 0.193 e.